The Labute approximate surface area is 143 Å². The van der Waals surface area contributed by atoms with Crippen molar-refractivity contribution in [1.82, 2.24) is 15.1 Å². The summed E-state index contributed by atoms with van der Waals surface area (Å²) < 4.78 is 5.83. The number of benzene rings is 1. The summed E-state index contributed by atoms with van der Waals surface area (Å²) in [7, 11) is 0. The molecule has 0 saturated carbocycles. The quantitative estimate of drug-likeness (QED) is 0.855. The first kappa shape index (κ1) is 17.0. The van der Waals surface area contributed by atoms with Crippen molar-refractivity contribution in [3.63, 3.8) is 0 Å². The molecule has 2 heterocycles. The zero-order chi connectivity index (χ0) is 16.9. The summed E-state index contributed by atoms with van der Waals surface area (Å²) >= 11 is 0. The lowest BCUT2D eigenvalue weighted by molar-refractivity contribution is 0.0578. The van der Waals surface area contributed by atoms with Crippen molar-refractivity contribution < 1.29 is 9.84 Å². The third-order valence-corrected chi connectivity index (χ3v) is 4.71. The summed E-state index contributed by atoms with van der Waals surface area (Å²) in [4.78, 5) is 2.33. The molecule has 0 amide bonds. The smallest absolute Gasteiger partial charge is 0.122 e. The lowest BCUT2D eigenvalue weighted by atomic mass is 9.95. The maximum atomic E-state index is 10.4. The number of likely N-dealkylation sites (tertiary alicyclic amines) is 1. The highest BCUT2D eigenvalue weighted by Crippen LogP contribution is 2.25. The fourth-order valence-corrected chi connectivity index (χ4v) is 3.37. The van der Waals surface area contributed by atoms with Gasteiger partial charge in [0.1, 0.15) is 18.5 Å². The van der Waals surface area contributed by atoms with Crippen LogP contribution in [-0.2, 0) is 0 Å². The number of hydrogen-bond acceptors (Lipinski definition) is 4. The SMILES string of the molecule is Cc1ccc(C)c(OC[C@@H](O)CN2CCC[C@@H](c3ccn[nH]3)C2)c1. The van der Waals surface area contributed by atoms with Crippen LogP contribution < -0.4 is 4.74 Å². The largest absolute Gasteiger partial charge is 0.491 e. The summed E-state index contributed by atoms with van der Waals surface area (Å²) in [5.41, 5.74) is 3.47. The van der Waals surface area contributed by atoms with E-state index in [4.69, 9.17) is 4.74 Å². The van der Waals surface area contributed by atoms with Crippen LogP contribution in [0.4, 0.5) is 0 Å². The van der Waals surface area contributed by atoms with Crippen LogP contribution in [0.3, 0.4) is 0 Å². The van der Waals surface area contributed by atoms with Crippen LogP contribution in [0.15, 0.2) is 30.5 Å². The van der Waals surface area contributed by atoms with Gasteiger partial charge in [0.25, 0.3) is 0 Å². The Balaban J connectivity index is 1.49. The first-order valence-electron chi connectivity index (χ1n) is 8.71. The van der Waals surface area contributed by atoms with Gasteiger partial charge in [-0.05, 0) is 56.5 Å². The van der Waals surface area contributed by atoms with Crippen molar-refractivity contribution in [2.45, 2.75) is 38.7 Å². The predicted octanol–water partition coefficient (Wildman–Crippen LogP) is 2.65. The van der Waals surface area contributed by atoms with Crippen molar-refractivity contribution in [2.24, 2.45) is 0 Å². The molecule has 1 aromatic carbocycles. The van der Waals surface area contributed by atoms with Gasteiger partial charge in [-0.1, -0.05) is 12.1 Å². The fraction of sp³-hybridized carbons (Fsp3) is 0.526. The van der Waals surface area contributed by atoms with Gasteiger partial charge in [0.05, 0.1) is 0 Å². The van der Waals surface area contributed by atoms with E-state index in [0.29, 0.717) is 19.1 Å². The van der Waals surface area contributed by atoms with Crippen LogP contribution in [0.25, 0.3) is 0 Å². The molecule has 1 aliphatic rings. The number of nitrogens with zero attached hydrogens (tertiary/aromatic N) is 2. The van der Waals surface area contributed by atoms with Gasteiger partial charge < -0.3 is 9.84 Å². The summed E-state index contributed by atoms with van der Waals surface area (Å²) in [6.45, 7) is 7.05. The molecule has 130 valence electrons. The predicted molar refractivity (Wildman–Crippen MR) is 94.4 cm³/mol. The molecule has 0 unspecified atom stereocenters. The average molecular weight is 329 g/mol. The molecule has 3 rings (SSSR count). The first-order chi connectivity index (χ1) is 11.6. The van der Waals surface area contributed by atoms with Crippen LogP contribution in [0.2, 0.25) is 0 Å². The molecule has 2 aromatic rings. The van der Waals surface area contributed by atoms with Crippen molar-refractivity contribution in [3.8, 4) is 5.75 Å². The number of aliphatic hydroxyl groups is 1. The third kappa shape index (κ3) is 4.36. The van der Waals surface area contributed by atoms with Crippen LogP contribution in [-0.4, -0.2) is 52.5 Å². The molecule has 5 nitrogen and oxygen atoms in total. The van der Waals surface area contributed by atoms with E-state index < -0.39 is 6.10 Å². The Hall–Kier alpha value is -1.85. The molecule has 0 bridgehead atoms. The molecule has 0 aliphatic carbocycles. The van der Waals surface area contributed by atoms with Gasteiger partial charge >= 0.3 is 0 Å². The molecule has 1 fully saturated rings. The number of aromatic nitrogens is 2. The van der Waals surface area contributed by atoms with Crippen LogP contribution in [0, 0.1) is 13.8 Å². The van der Waals surface area contributed by atoms with E-state index in [2.05, 4.69) is 27.2 Å². The highest BCUT2D eigenvalue weighted by atomic mass is 16.5. The summed E-state index contributed by atoms with van der Waals surface area (Å²) in [6.07, 6.45) is 3.65. The van der Waals surface area contributed by atoms with Crippen molar-refractivity contribution in [2.75, 3.05) is 26.2 Å². The Morgan fingerprint density at radius 3 is 3.04 bits per heavy atom. The molecule has 1 saturated heterocycles. The molecule has 5 heteroatoms. The Bertz CT molecular complexity index is 642. The number of nitrogens with one attached hydrogen (secondary N) is 1. The molecule has 2 atom stereocenters. The number of aromatic amines is 1. The molecule has 0 radical (unpaired) electrons. The van der Waals surface area contributed by atoms with Crippen LogP contribution >= 0.6 is 0 Å². The third-order valence-electron chi connectivity index (χ3n) is 4.71. The molecule has 1 aromatic heterocycles. The minimum absolute atomic E-state index is 0.329. The second-order valence-electron chi connectivity index (χ2n) is 6.84. The van der Waals surface area contributed by atoms with E-state index in [1.807, 2.05) is 26.0 Å². The number of aliphatic hydroxyl groups excluding tert-OH is 1. The average Bonchev–Trinajstić information content (AvgIpc) is 3.10. The van der Waals surface area contributed by atoms with E-state index in [9.17, 15) is 5.11 Å². The van der Waals surface area contributed by atoms with Crippen molar-refractivity contribution in [3.05, 3.63) is 47.3 Å². The molecule has 1 aliphatic heterocycles. The van der Waals surface area contributed by atoms with E-state index in [1.54, 1.807) is 6.20 Å². The van der Waals surface area contributed by atoms with Gasteiger partial charge in [-0.15, -0.1) is 0 Å². The molecule has 0 spiro atoms. The second kappa shape index (κ2) is 7.81. The number of aryl methyl sites for hydroxylation is 2. The van der Waals surface area contributed by atoms with Crippen LogP contribution in [0.5, 0.6) is 5.75 Å². The van der Waals surface area contributed by atoms with E-state index in [1.165, 1.54) is 17.7 Å². The summed E-state index contributed by atoms with van der Waals surface area (Å²) in [5, 5.41) is 17.5. The van der Waals surface area contributed by atoms with Gasteiger partial charge in [0.15, 0.2) is 0 Å². The number of hydrogen-bond donors (Lipinski definition) is 2. The Morgan fingerprint density at radius 2 is 2.25 bits per heavy atom. The number of piperidine rings is 1. The summed E-state index contributed by atoms with van der Waals surface area (Å²) in [6, 6.07) is 8.20. The first-order valence-corrected chi connectivity index (χ1v) is 8.71. The molecular formula is C19H27N3O2. The van der Waals surface area contributed by atoms with Gasteiger partial charge in [-0.2, -0.15) is 5.10 Å². The summed E-state index contributed by atoms with van der Waals surface area (Å²) in [5.74, 6) is 1.34. The van der Waals surface area contributed by atoms with E-state index in [0.717, 1.165) is 30.8 Å². The number of H-pyrrole nitrogens is 1. The second-order valence-corrected chi connectivity index (χ2v) is 6.84. The van der Waals surface area contributed by atoms with Gasteiger partial charge in [0, 0.05) is 30.9 Å². The standard InChI is InChI=1S/C19H27N3O2/c1-14-5-6-15(2)19(10-14)24-13-17(23)12-22-9-3-4-16(11-22)18-7-8-20-21-18/h5-8,10,16-17,23H,3-4,9,11-13H2,1-2H3,(H,20,21)/t16-,17+/m1/s1. The Kier molecular flexibility index (Phi) is 5.53. The minimum Gasteiger partial charge on any atom is -0.491 e. The van der Waals surface area contributed by atoms with Gasteiger partial charge in [-0.25, -0.2) is 0 Å². The molecule has 2 N–H and O–H groups in total. The zero-order valence-corrected chi connectivity index (χ0v) is 14.5. The maximum absolute atomic E-state index is 10.4. The van der Waals surface area contributed by atoms with Crippen molar-refractivity contribution >= 4 is 0 Å². The maximum Gasteiger partial charge on any atom is 0.122 e. The molecule has 24 heavy (non-hydrogen) atoms. The number of ether oxygens (including phenoxy) is 1. The topological polar surface area (TPSA) is 61.4 Å². The van der Waals surface area contributed by atoms with E-state index in [-0.39, 0.29) is 0 Å². The van der Waals surface area contributed by atoms with Gasteiger partial charge in [-0.3, -0.25) is 10.00 Å². The minimum atomic E-state index is -0.481. The zero-order valence-electron chi connectivity index (χ0n) is 14.5. The van der Waals surface area contributed by atoms with Crippen LogP contribution in [0.1, 0.15) is 35.6 Å². The highest BCUT2D eigenvalue weighted by molar-refractivity contribution is 5.35. The van der Waals surface area contributed by atoms with Crippen molar-refractivity contribution in [1.29, 1.82) is 0 Å². The number of rotatable bonds is 6. The molecular weight excluding hydrogens is 302 g/mol. The normalized spacial score (nSPS) is 20.0. The van der Waals surface area contributed by atoms with Gasteiger partial charge in [0.2, 0.25) is 0 Å². The van der Waals surface area contributed by atoms with E-state index >= 15 is 0 Å². The monoisotopic (exact) mass is 329 g/mol. The number of β-amino-alcohol motifs (C(OH)–C–C–N with tert-alkyl or cyclic N) is 1. The highest BCUT2D eigenvalue weighted by Gasteiger charge is 2.24. The lowest BCUT2D eigenvalue weighted by Crippen LogP contribution is -2.41. The lowest BCUT2D eigenvalue weighted by Gasteiger charge is -2.33. The Morgan fingerprint density at radius 1 is 1.38 bits per heavy atom. The fourth-order valence-electron chi connectivity index (χ4n) is 3.37.